The number of carbonyl (C=O) groups is 1. The number of likely N-dealkylation sites (N-methyl/N-ethyl adjacent to an activating group) is 1. The van der Waals surface area contributed by atoms with E-state index in [0.717, 1.165) is 40.8 Å². The van der Waals surface area contributed by atoms with E-state index in [4.69, 9.17) is 0 Å². The van der Waals surface area contributed by atoms with Crippen molar-refractivity contribution in [2.45, 2.75) is 19.5 Å². The van der Waals surface area contributed by atoms with Gasteiger partial charge in [0.25, 0.3) is 0 Å². The van der Waals surface area contributed by atoms with Gasteiger partial charge in [0.05, 0.1) is 5.56 Å². The lowest BCUT2D eigenvalue weighted by atomic mass is 10.00. The number of carbonyl (C=O) groups excluding carboxylic acids is 1. The van der Waals surface area contributed by atoms with E-state index in [-0.39, 0.29) is 5.69 Å². The molecule has 6 nitrogen and oxygen atoms in total. The van der Waals surface area contributed by atoms with Crippen LogP contribution in [0.4, 0.5) is 18.9 Å². The zero-order valence-electron chi connectivity index (χ0n) is 20.1. The molecule has 0 aliphatic carbocycles. The summed E-state index contributed by atoms with van der Waals surface area (Å²) < 4.78 is 41.1. The molecule has 4 rings (SSSR count). The number of aromatic amines is 1. The number of hydrogen-bond donors (Lipinski definition) is 2. The van der Waals surface area contributed by atoms with Crippen molar-refractivity contribution in [3.63, 3.8) is 0 Å². The molecule has 0 bridgehead atoms. The van der Waals surface area contributed by atoms with Crippen LogP contribution in [0.15, 0.2) is 67.1 Å². The summed E-state index contributed by atoms with van der Waals surface area (Å²) >= 11 is 0. The van der Waals surface area contributed by atoms with Gasteiger partial charge in [0.2, 0.25) is 5.91 Å². The monoisotopic (exact) mass is 493 g/mol. The Bertz CT molecular complexity index is 1420. The minimum atomic E-state index is -4.58. The van der Waals surface area contributed by atoms with E-state index in [1.165, 1.54) is 18.3 Å². The molecule has 0 saturated heterocycles. The molecule has 1 amide bonds. The van der Waals surface area contributed by atoms with Gasteiger partial charge in [-0.15, -0.1) is 0 Å². The van der Waals surface area contributed by atoms with Crippen LogP contribution in [-0.4, -0.2) is 46.4 Å². The summed E-state index contributed by atoms with van der Waals surface area (Å²) in [6.07, 6.45) is 4.22. The van der Waals surface area contributed by atoms with E-state index < -0.39 is 17.6 Å². The Hall–Kier alpha value is -3.98. The number of hydrogen-bond acceptors (Lipinski definition) is 4. The van der Waals surface area contributed by atoms with Crippen LogP contribution >= 0.6 is 0 Å². The number of aromatic nitrogens is 3. The van der Waals surface area contributed by atoms with E-state index in [1.807, 2.05) is 44.2 Å². The summed E-state index contributed by atoms with van der Waals surface area (Å²) in [7, 11) is 3.69. The fourth-order valence-electron chi connectivity index (χ4n) is 3.82. The summed E-state index contributed by atoms with van der Waals surface area (Å²) in [5.74, 6) is -0.506. The molecule has 3 heterocycles. The number of fused-ring (bicyclic) bond motifs is 1. The second-order valence-electron chi connectivity index (χ2n) is 8.66. The van der Waals surface area contributed by atoms with Crippen LogP contribution in [0.2, 0.25) is 0 Å². The number of H-pyrrole nitrogens is 1. The number of amides is 1. The van der Waals surface area contributed by atoms with Gasteiger partial charge in [0, 0.05) is 59.1 Å². The first-order valence-corrected chi connectivity index (χ1v) is 11.4. The molecule has 36 heavy (non-hydrogen) atoms. The number of alkyl halides is 3. The number of halogens is 3. The molecule has 0 radical (unpaired) electrons. The van der Waals surface area contributed by atoms with Crippen molar-refractivity contribution in [2.24, 2.45) is 0 Å². The highest BCUT2D eigenvalue weighted by Gasteiger charge is 2.31. The number of aryl methyl sites for hydroxylation is 1. The highest BCUT2D eigenvalue weighted by molar-refractivity contribution is 6.00. The van der Waals surface area contributed by atoms with Crippen LogP contribution in [0.1, 0.15) is 18.2 Å². The highest BCUT2D eigenvalue weighted by atomic mass is 19.4. The maximum Gasteiger partial charge on any atom is 0.416 e. The van der Waals surface area contributed by atoms with Gasteiger partial charge < -0.3 is 15.2 Å². The summed E-state index contributed by atoms with van der Waals surface area (Å²) in [5, 5.41) is 3.32. The maximum atomic E-state index is 13.7. The highest BCUT2D eigenvalue weighted by Crippen LogP contribution is 2.36. The third-order valence-corrected chi connectivity index (χ3v) is 5.62. The summed E-state index contributed by atoms with van der Waals surface area (Å²) in [6.45, 7) is 2.55. The van der Waals surface area contributed by atoms with Gasteiger partial charge in [0.1, 0.15) is 5.65 Å². The van der Waals surface area contributed by atoms with Crippen molar-refractivity contribution in [3.8, 4) is 22.3 Å². The topological polar surface area (TPSA) is 73.9 Å². The van der Waals surface area contributed by atoms with Crippen molar-refractivity contribution in [2.75, 3.05) is 26.0 Å². The summed E-state index contributed by atoms with van der Waals surface area (Å²) in [4.78, 5) is 26.0. The van der Waals surface area contributed by atoms with Gasteiger partial charge in [-0.05, 0) is 68.0 Å². The van der Waals surface area contributed by atoms with Crippen LogP contribution in [0.5, 0.6) is 0 Å². The molecule has 0 atom stereocenters. The van der Waals surface area contributed by atoms with Gasteiger partial charge >= 0.3 is 6.18 Å². The lowest BCUT2D eigenvalue weighted by Gasteiger charge is -2.13. The first-order chi connectivity index (χ1) is 17.1. The quantitative estimate of drug-likeness (QED) is 0.313. The van der Waals surface area contributed by atoms with Crippen LogP contribution in [-0.2, 0) is 17.4 Å². The van der Waals surface area contributed by atoms with Crippen molar-refractivity contribution in [3.05, 3.63) is 78.4 Å². The van der Waals surface area contributed by atoms with Crippen molar-refractivity contribution >= 4 is 22.6 Å². The predicted molar refractivity (Wildman–Crippen MR) is 135 cm³/mol. The first-order valence-electron chi connectivity index (χ1n) is 11.4. The number of rotatable bonds is 7. The van der Waals surface area contributed by atoms with Crippen LogP contribution < -0.4 is 5.32 Å². The number of benzene rings is 1. The summed E-state index contributed by atoms with van der Waals surface area (Å²) in [5.41, 5.74) is 3.36. The molecule has 0 aliphatic rings. The Morgan fingerprint density at radius 2 is 1.89 bits per heavy atom. The second-order valence-corrected chi connectivity index (χ2v) is 8.66. The molecule has 2 N–H and O–H groups in total. The number of nitrogens with zero attached hydrogens (tertiary/aromatic N) is 3. The van der Waals surface area contributed by atoms with Crippen molar-refractivity contribution in [1.29, 1.82) is 0 Å². The Kier molecular flexibility index (Phi) is 7.21. The molecular weight excluding hydrogens is 467 g/mol. The molecule has 0 fully saturated rings. The Morgan fingerprint density at radius 1 is 1.08 bits per heavy atom. The SMILES string of the molecule is CCc1cc(-c2c[nH]c3ncc(-c4cc(NC(=O)/C=C/CN(C)C)cc(C(F)(F)F)c4)cc23)ccn1. The Balaban J connectivity index is 1.74. The molecule has 0 spiro atoms. The molecule has 0 unspecified atom stereocenters. The van der Waals surface area contributed by atoms with Gasteiger partial charge in [-0.1, -0.05) is 13.0 Å². The second kappa shape index (κ2) is 10.3. The van der Waals surface area contributed by atoms with Crippen LogP contribution in [0.25, 0.3) is 33.3 Å². The van der Waals surface area contributed by atoms with E-state index in [0.29, 0.717) is 23.3 Å². The third kappa shape index (κ3) is 5.80. The molecule has 0 saturated carbocycles. The molecule has 0 aliphatic heterocycles. The van der Waals surface area contributed by atoms with E-state index in [9.17, 15) is 18.0 Å². The largest absolute Gasteiger partial charge is 0.416 e. The molecular formula is C27H26F3N5O. The van der Waals surface area contributed by atoms with Gasteiger partial charge in [-0.3, -0.25) is 9.78 Å². The lowest BCUT2D eigenvalue weighted by Crippen LogP contribution is -2.13. The summed E-state index contributed by atoms with van der Waals surface area (Å²) in [6, 6.07) is 9.18. The average Bonchev–Trinajstić information content (AvgIpc) is 3.26. The Labute approximate surface area is 206 Å². The standard InChI is InChI=1S/C27H26F3N5O/c1-4-21-11-17(7-8-31-21)24-16-33-26-23(24)13-19(15-32-26)18-10-20(27(28,29)30)14-22(12-18)34-25(36)6-5-9-35(2)3/h5-8,10-16H,4,9H2,1-3H3,(H,32,33)(H,34,36)/b6-5+. The maximum absolute atomic E-state index is 13.7. The van der Waals surface area contributed by atoms with Crippen LogP contribution in [0, 0.1) is 0 Å². The molecule has 3 aromatic heterocycles. The molecule has 186 valence electrons. The first kappa shape index (κ1) is 25.1. The normalized spacial score (nSPS) is 12.1. The van der Waals surface area contributed by atoms with Gasteiger partial charge in [-0.25, -0.2) is 4.98 Å². The smallest absolute Gasteiger partial charge is 0.346 e. The molecule has 9 heteroatoms. The molecule has 4 aromatic rings. The zero-order chi connectivity index (χ0) is 25.9. The van der Waals surface area contributed by atoms with Gasteiger partial charge in [0.15, 0.2) is 0 Å². The minimum Gasteiger partial charge on any atom is -0.346 e. The van der Waals surface area contributed by atoms with Crippen molar-refractivity contribution in [1.82, 2.24) is 19.9 Å². The van der Waals surface area contributed by atoms with Crippen molar-refractivity contribution < 1.29 is 18.0 Å². The predicted octanol–water partition coefficient (Wildman–Crippen LogP) is 5.93. The Morgan fingerprint density at radius 3 is 2.61 bits per heavy atom. The van der Waals surface area contributed by atoms with Gasteiger partial charge in [-0.2, -0.15) is 13.2 Å². The third-order valence-electron chi connectivity index (χ3n) is 5.62. The number of nitrogens with one attached hydrogen (secondary N) is 2. The zero-order valence-corrected chi connectivity index (χ0v) is 20.1. The van der Waals surface area contributed by atoms with E-state index >= 15 is 0 Å². The lowest BCUT2D eigenvalue weighted by molar-refractivity contribution is -0.137. The van der Waals surface area contributed by atoms with E-state index in [2.05, 4.69) is 20.3 Å². The molecule has 1 aromatic carbocycles. The van der Waals surface area contributed by atoms with E-state index in [1.54, 1.807) is 18.3 Å². The minimum absolute atomic E-state index is 0.0513. The average molecular weight is 494 g/mol. The number of anilines is 1. The number of pyridine rings is 2. The van der Waals surface area contributed by atoms with Crippen LogP contribution in [0.3, 0.4) is 0 Å². The fraction of sp³-hybridized carbons (Fsp3) is 0.222. The fourth-order valence-corrected chi connectivity index (χ4v) is 3.82.